The minimum absolute atomic E-state index is 0.715. The van der Waals surface area contributed by atoms with Crippen molar-refractivity contribution in [3.63, 3.8) is 0 Å². The molecule has 2 aliphatic carbocycles. The fraction of sp³-hybridized carbons (Fsp3) is 0.950. The van der Waals surface area contributed by atoms with Gasteiger partial charge in [-0.3, -0.25) is 0 Å². The van der Waals surface area contributed by atoms with Crippen molar-refractivity contribution >= 4 is 0 Å². The Morgan fingerprint density at radius 3 is 1.82 bits per heavy atom. The molecule has 0 aliphatic heterocycles. The first-order valence-corrected chi connectivity index (χ1v) is 18.8. The van der Waals surface area contributed by atoms with Crippen LogP contribution < -0.4 is 0 Å². The van der Waals surface area contributed by atoms with E-state index in [2.05, 4.69) is 62.0 Å². The van der Waals surface area contributed by atoms with Crippen LogP contribution in [0.25, 0.3) is 0 Å². The average molecular weight is 557 g/mol. The van der Waals surface area contributed by atoms with Crippen molar-refractivity contribution in [3.8, 4) is 0 Å². The lowest BCUT2D eigenvalue weighted by atomic mass is 9.58. The van der Waals surface area contributed by atoms with E-state index >= 15 is 0 Å². The Kier molecular flexibility index (Phi) is 17.8. The van der Waals surface area contributed by atoms with Crippen LogP contribution in [0.3, 0.4) is 0 Å². The molecule has 2 aliphatic rings. The van der Waals surface area contributed by atoms with Gasteiger partial charge in [-0.25, -0.2) is 0 Å². The molecule has 10 atom stereocenters. The Bertz CT molecular complexity index is 644. The van der Waals surface area contributed by atoms with Crippen molar-refractivity contribution in [2.45, 2.75) is 184 Å². The van der Waals surface area contributed by atoms with Gasteiger partial charge in [0.15, 0.2) is 0 Å². The zero-order valence-corrected chi connectivity index (χ0v) is 29.1. The molecular formula is C40H76. The molecule has 2 saturated carbocycles. The molecule has 0 radical (unpaired) electrons. The lowest BCUT2D eigenvalue weighted by Crippen LogP contribution is -2.39. The van der Waals surface area contributed by atoms with Gasteiger partial charge in [0, 0.05) is 0 Å². The maximum atomic E-state index is 4.09. The van der Waals surface area contributed by atoms with Gasteiger partial charge in [-0.2, -0.15) is 0 Å². The van der Waals surface area contributed by atoms with Gasteiger partial charge < -0.3 is 0 Å². The summed E-state index contributed by atoms with van der Waals surface area (Å²) in [6.07, 6.45) is 29.2. The van der Waals surface area contributed by atoms with Crippen molar-refractivity contribution in [2.24, 2.45) is 59.2 Å². The van der Waals surface area contributed by atoms with E-state index in [4.69, 9.17) is 0 Å². The molecule has 0 aromatic heterocycles. The molecule has 0 aromatic rings. The summed E-state index contributed by atoms with van der Waals surface area (Å²) < 4.78 is 0. The zero-order chi connectivity index (χ0) is 29.5. The number of allylic oxidation sites excluding steroid dienone is 1. The smallest absolute Gasteiger partial charge is 0.0237 e. The lowest BCUT2D eigenvalue weighted by Gasteiger charge is -2.48. The van der Waals surface area contributed by atoms with E-state index in [-0.39, 0.29) is 0 Å². The second-order valence-corrected chi connectivity index (χ2v) is 16.0. The van der Waals surface area contributed by atoms with Gasteiger partial charge in [0.1, 0.15) is 0 Å². The Morgan fingerprint density at radius 1 is 0.675 bits per heavy atom. The largest absolute Gasteiger partial charge is 0.0999 e. The molecule has 2 rings (SSSR count). The summed E-state index contributed by atoms with van der Waals surface area (Å²) in [7, 11) is 0. The van der Waals surface area contributed by atoms with Gasteiger partial charge in [-0.15, -0.1) is 0 Å². The lowest BCUT2D eigenvalue weighted by molar-refractivity contribution is 0.0184. The minimum Gasteiger partial charge on any atom is -0.0999 e. The van der Waals surface area contributed by atoms with Crippen molar-refractivity contribution in [3.05, 3.63) is 12.2 Å². The molecule has 0 N–H and O–H groups in total. The number of hydrogen-bond acceptors (Lipinski definition) is 0. The van der Waals surface area contributed by atoms with Gasteiger partial charge in [-0.05, 0) is 98.2 Å². The van der Waals surface area contributed by atoms with Crippen LogP contribution in [0.5, 0.6) is 0 Å². The molecule has 0 heteroatoms. The fourth-order valence-electron chi connectivity index (χ4n) is 8.86. The predicted molar refractivity (Wildman–Crippen MR) is 182 cm³/mol. The van der Waals surface area contributed by atoms with Crippen LogP contribution >= 0.6 is 0 Å². The zero-order valence-electron chi connectivity index (χ0n) is 29.1. The van der Waals surface area contributed by atoms with E-state index in [1.165, 1.54) is 134 Å². The van der Waals surface area contributed by atoms with Gasteiger partial charge in [0.2, 0.25) is 0 Å². The first-order valence-electron chi connectivity index (χ1n) is 18.8. The van der Waals surface area contributed by atoms with Crippen LogP contribution in [0.4, 0.5) is 0 Å². The Hall–Kier alpha value is -0.260. The fourth-order valence-corrected chi connectivity index (χ4v) is 8.86. The molecule has 0 nitrogen and oxygen atoms in total. The second-order valence-electron chi connectivity index (χ2n) is 16.0. The monoisotopic (exact) mass is 557 g/mol. The van der Waals surface area contributed by atoms with E-state index in [9.17, 15) is 0 Å². The number of unbranched alkanes of at least 4 members (excludes halogenated alkanes) is 9. The van der Waals surface area contributed by atoms with Crippen molar-refractivity contribution in [1.29, 1.82) is 0 Å². The summed E-state index contributed by atoms with van der Waals surface area (Å²) in [4.78, 5) is 0. The quantitative estimate of drug-likeness (QED) is 0.103. The van der Waals surface area contributed by atoms with Crippen molar-refractivity contribution < 1.29 is 0 Å². The molecule has 0 saturated heterocycles. The third-order valence-electron chi connectivity index (χ3n) is 12.6. The summed E-state index contributed by atoms with van der Waals surface area (Å²) in [5.41, 5.74) is 1.36. The average Bonchev–Trinajstić information content (AvgIpc) is 2.93. The molecule has 0 spiro atoms. The Morgan fingerprint density at radius 2 is 1.25 bits per heavy atom. The summed E-state index contributed by atoms with van der Waals surface area (Å²) in [6.45, 7) is 24.0. The van der Waals surface area contributed by atoms with E-state index in [1.807, 2.05) is 0 Å². The normalized spacial score (nSPS) is 32.6. The van der Waals surface area contributed by atoms with Crippen LogP contribution in [0.1, 0.15) is 184 Å². The maximum absolute atomic E-state index is 4.09. The second kappa shape index (κ2) is 19.8. The van der Waals surface area contributed by atoms with Crippen molar-refractivity contribution in [2.75, 3.05) is 0 Å². The third-order valence-corrected chi connectivity index (χ3v) is 12.6. The molecule has 236 valence electrons. The first-order chi connectivity index (χ1) is 19.1. The predicted octanol–water partition coefficient (Wildman–Crippen LogP) is 13.7. The molecule has 8 unspecified atom stereocenters. The first kappa shape index (κ1) is 35.9. The molecule has 0 heterocycles. The molecule has 40 heavy (non-hydrogen) atoms. The Balaban J connectivity index is 1.54. The topological polar surface area (TPSA) is 0 Å². The number of rotatable bonds is 20. The van der Waals surface area contributed by atoms with E-state index < -0.39 is 0 Å². The highest BCUT2D eigenvalue weighted by Gasteiger charge is 2.41. The molecular weight excluding hydrogens is 480 g/mol. The van der Waals surface area contributed by atoms with Crippen molar-refractivity contribution in [1.82, 2.24) is 0 Å². The van der Waals surface area contributed by atoms with Crippen LogP contribution in [-0.2, 0) is 0 Å². The van der Waals surface area contributed by atoms with Gasteiger partial charge in [0.25, 0.3) is 0 Å². The van der Waals surface area contributed by atoms with Gasteiger partial charge in [-0.1, -0.05) is 157 Å². The van der Waals surface area contributed by atoms with Crippen LogP contribution in [-0.4, -0.2) is 0 Å². The van der Waals surface area contributed by atoms with Gasteiger partial charge >= 0.3 is 0 Å². The SMILES string of the molecule is C=C(C)C(C)CCCCCCCCCCCCC(C)CCC1CC(CC)[C@@H](CC2CC(C)CCC2C)C(C)[C@H]1C. The number of hydrogen-bond donors (Lipinski definition) is 0. The molecule has 0 bridgehead atoms. The van der Waals surface area contributed by atoms with Crippen LogP contribution in [0, 0.1) is 59.2 Å². The standard InChI is InChI=1S/C40H76/c1-10-37-28-38(35(8)36(9)40(37)29-39-27-32(5)23-25-34(39)7)26-24-31(4)21-19-17-15-13-11-12-14-16-18-20-22-33(6)30(2)3/h31-40H,2,10-29H2,1,3-9H3/t31?,32?,33?,34?,35-,36?,37?,38?,39?,40+/m1/s1. The highest BCUT2D eigenvalue weighted by atomic mass is 14.5. The molecule has 2 fully saturated rings. The maximum Gasteiger partial charge on any atom is -0.0237 e. The van der Waals surface area contributed by atoms with Crippen LogP contribution in [0.2, 0.25) is 0 Å². The summed E-state index contributed by atoms with van der Waals surface area (Å²) in [5, 5.41) is 0. The van der Waals surface area contributed by atoms with E-state index in [1.54, 1.807) is 0 Å². The Labute approximate surface area is 254 Å². The highest BCUT2D eigenvalue weighted by molar-refractivity contribution is 4.93. The molecule has 0 amide bonds. The summed E-state index contributed by atoms with van der Waals surface area (Å²) in [5.74, 6) is 9.38. The molecule has 0 aromatic carbocycles. The highest BCUT2D eigenvalue weighted by Crippen LogP contribution is 2.50. The third kappa shape index (κ3) is 12.9. The van der Waals surface area contributed by atoms with Gasteiger partial charge in [0.05, 0.1) is 0 Å². The van der Waals surface area contributed by atoms with E-state index in [0.717, 1.165) is 53.3 Å². The summed E-state index contributed by atoms with van der Waals surface area (Å²) in [6, 6.07) is 0. The summed E-state index contributed by atoms with van der Waals surface area (Å²) >= 11 is 0. The minimum atomic E-state index is 0.715. The van der Waals surface area contributed by atoms with Crippen LogP contribution in [0.15, 0.2) is 12.2 Å². The van der Waals surface area contributed by atoms with E-state index in [0.29, 0.717) is 5.92 Å².